The molecule has 4 nitrogen and oxygen atoms in total. The van der Waals surface area contributed by atoms with Crippen molar-refractivity contribution in [3.8, 4) is 0 Å². The van der Waals surface area contributed by atoms with Crippen LogP contribution in [0.1, 0.15) is 72.2 Å². The van der Waals surface area contributed by atoms with Gasteiger partial charge in [-0.2, -0.15) is 18.3 Å². The number of anilines is 1. The summed E-state index contributed by atoms with van der Waals surface area (Å²) in [6, 6.07) is 8.24. The number of halogens is 4. The van der Waals surface area contributed by atoms with Gasteiger partial charge < -0.3 is 5.32 Å². The van der Waals surface area contributed by atoms with Crippen molar-refractivity contribution in [3.63, 3.8) is 0 Å². The Morgan fingerprint density at radius 1 is 1.03 bits per heavy atom. The molecule has 0 amide bonds. The fraction of sp³-hybridized carbons (Fsp3) is 0.448. The Kier molecular flexibility index (Phi) is 13.7. The minimum Gasteiger partial charge on any atom is -0.360 e. The molecule has 0 bridgehead atoms. The number of benzene rings is 1. The van der Waals surface area contributed by atoms with E-state index < -0.39 is 11.9 Å². The number of hydrogen-bond donors (Lipinski definition) is 1. The lowest BCUT2D eigenvalue weighted by molar-refractivity contribution is -0.141. The quantitative estimate of drug-likeness (QED) is 0.422. The van der Waals surface area contributed by atoms with Crippen LogP contribution in [0.15, 0.2) is 59.8 Å². The lowest BCUT2D eigenvalue weighted by atomic mass is 9.87. The van der Waals surface area contributed by atoms with Crippen LogP contribution in [0.3, 0.4) is 0 Å². The third kappa shape index (κ3) is 11.9. The van der Waals surface area contributed by atoms with Crippen LogP contribution in [0.25, 0.3) is 5.57 Å². The van der Waals surface area contributed by atoms with Crippen molar-refractivity contribution in [2.45, 2.75) is 68.5 Å². The molecule has 1 aliphatic heterocycles. The highest BCUT2D eigenvalue weighted by atomic mass is 35.5. The van der Waals surface area contributed by atoms with Crippen LogP contribution < -0.4 is 5.32 Å². The smallest absolute Gasteiger partial charge is 0.360 e. The van der Waals surface area contributed by atoms with E-state index in [1.165, 1.54) is 30.8 Å². The first kappa shape index (κ1) is 34.2. The first-order valence-corrected chi connectivity index (χ1v) is 12.5. The number of aryl methyl sites for hydroxylation is 2. The summed E-state index contributed by atoms with van der Waals surface area (Å²) in [4.78, 5) is 4.31. The highest BCUT2D eigenvalue weighted by molar-refractivity contribution is 6.31. The summed E-state index contributed by atoms with van der Waals surface area (Å²) in [6.45, 7) is 26.3. The minimum atomic E-state index is -4.50. The molecular formula is C29H42ClF3N4. The van der Waals surface area contributed by atoms with Gasteiger partial charge in [0.1, 0.15) is 5.15 Å². The molecule has 0 atom stereocenters. The normalized spacial score (nSPS) is 12.5. The van der Waals surface area contributed by atoms with Gasteiger partial charge in [0.25, 0.3) is 0 Å². The molecule has 0 saturated heterocycles. The van der Waals surface area contributed by atoms with Gasteiger partial charge in [0.05, 0.1) is 6.54 Å². The number of rotatable bonds is 3. The first-order chi connectivity index (χ1) is 16.9. The lowest BCUT2D eigenvalue weighted by Crippen LogP contribution is -2.09. The zero-order chi connectivity index (χ0) is 29.1. The average Bonchev–Trinajstić information content (AvgIpc) is 3.35. The second kappa shape index (κ2) is 14.8. The Morgan fingerprint density at radius 2 is 1.54 bits per heavy atom. The minimum absolute atomic E-state index is 0.0511. The molecule has 1 aromatic carbocycles. The standard InChI is InChI=1S/C10H13N.C9H15N.C8H8ClF3N2.C2H6/c1-8(2)11-10-6-4-9(3)5-7-10;1-7-5-8(6-10-7)9(2,3)4;1-4(2)5-6(8(10,11)12)13-14(3)7(5)9;1-2/h4-7,11H,1H2,2-3H3;5H,6H2,1-4H3;1H2,2-3H3;1-2H3. The van der Waals surface area contributed by atoms with Crippen molar-refractivity contribution in [2.24, 2.45) is 17.5 Å². The molecule has 0 aliphatic carbocycles. The van der Waals surface area contributed by atoms with Crippen LogP contribution in [-0.4, -0.2) is 22.0 Å². The van der Waals surface area contributed by atoms with E-state index in [4.69, 9.17) is 11.6 Å². The predicted molar refractivity (Wildman–Crippen MR) is 154 cm³/mol. The molecule has 1 aliphatic rings. The predicted octanol–water partition coefficient (Wildman–Crippen LogP) is 9.53. The van der Waals surface area contributed by atoms with E-state index in [1.54, 1.807) is 0 Å². The van der Waals surface area contributed by atoms with Gasteiger partial charge in [-0.15, -0.1) is 0 Å². The van der Waals surface area contributed by atoms with Crippen LogP contribution in [0, 0.1) is 12.3 Å². The topological polar surface area (TPSA) is 42.2 Å². The SMILES string of the molecule is C=C(C)Nc1ccc(C)cc1.C=C(C)c1c(C(F)(F)F)nn(C)c1Cl.CC.CC1=NCC(C(C)(C)C)=C1. The number of aromatic nitrogens is 2. The zero-order valence-electron chi connectivity index (χ0n) is 23.9. The number of nitrogens with one attached hydrogen (secondary N) is 1. The molecule has 0 radical (unpaired) electrons. The number of alkyl halides is 3. The Bertz CT molecular complexity index is 1100. The zero-order valence-corrected chi connectivity index (χ0v) is 24.6. The Labute approximate surface area is 226 Å². The maximum Gasteiger partial charge on any atom is 0.435 e. The van der Waals surface area contributed by atoms with Gasteiger partial charge >= 0.3 is 6.18 Å². The van der Waals surface area contributed by atoms with E-state index in [0.29, 0.717) is 5.41 Å². The molecule has 206 valence electrons. The van der Waals surface area contributed by atoms with Gasteiger partial charge in [-0.25, -0.2) is 0 Å². The van der Waals surface area contributed by atoms with Crippen molar-refractivity contribution < 1.29 is 13.2 Å². The summed E-state index contributed by atoms with van der Waals surface area (Å²) in [6.07, 6.45) is -2.31. The molecule has 1 N–H and O–H groups in total. The molecular weight excluding hydrogens is 497 g/mol. The maximum atomic E-state index is 12.4. The molecule has 0 fully saturated rings. The second-order valence-corrected chi connectivity index (χ2v) is 9.92. The monoisotopic (exact) mass is 538 g/mol. The van der Waals surface area contributed by atoms with E-state index >= 15 is 0 Å². The number of allylic oxidation sites excluding steroid dienone is 3. The van der Waals surface area contributed by atoms with E-state index in [1.807, 2.05) is 32.9 Å². The Balaban J connectivity index is 0.000000515. The number of nitrogens with zero attached hydrogens (tertiary/aromatic N) is 3. The largest absolute Gasteiger partial charge is 0.435 e. The van der Waals surface area contributed by atoms with Crippen molar-refractivity contribution in [1.82, 2.24) is 9.78 Å². The summed E-state index contributed by atoms with van der Waals surface area (Å²) in [5, 5.41) is 6.39. The van der Waals surface area contributed by atoms with Crippen molar-refractivity contribution in [3.05, 3.63) is 76.7 Å². The van der Waals surface area contributed by atoms with Gasteiger partial charge in [-0.1, -0.05) is 77.1 Å². The highest BCUT2D eigenvalue weighted by Gasteiger charge is 2.38. The van der Waals surface area contributed by atoms with Gasteiger partial charge in [0, 0.05) is 29.7 Å². The van der Waals surface area contributed by atoms with E-state index in [-0.39, 0.29) is 16.3 Å². The summed E-state index contributed by atoms with van der Waals surface area (Å²) in [5.74, 6) is 0. The van der Waals surface area contributed by atoms with Gasteiger partial charge in [-0.05, 0) is 62.5 Å². The van der Waals surface area contributed by atoms with Gasteiger partial charge in [0.2, 0.25) is 0 Å². The molecule has 2 aromatic rings. The molecule has 0 saturated carbocycles. The van der Waals surface area contributed by atoms with Crippen LogP contribution in [0.2, 0.25) is 5.15 Å². The van der Waals surface area contributed by atoms with Crippen LogP contribution in [0.5, 0.6) is 0 Å². The fourth-order valence-electron chi connectivity index (χ4n) is 2.97. The Hall–Kier alpha value is -2.80. The maximum absolute atomic E-state index is 12.4. The van der Waals surface area contributed by atoms with Gasteiger partial charge in [0.15, 0.2) is 5.69 Å². The van der Waals surface area contributed by atoms with E-state index in [0.717, 1.165) is 22.6 Å². The Morgan fingerprint density at radius 3 is 1.84 bits per heavy atom. The van der Waals surface area contributed by atoms with Crippen LogP contribution in [-0.2, 0) is 13.2 Å². The summed E-state index contributed by atoms with van der Waals surface area (Å²) in [5.41, 5.74) is 5.39. The molecule has 2 heterocycles. The molecule has 0 unspecified atom stereocenters. The molecule has 0 spiro atoms. The molecule has 8 heteroatoms. The lowest BCUT2D eigenvalue weighted by Gasteiger charge is -2.18. The van der Waals surface area contributed by atoms with Crippen molar-refractivity contribution >= 4 is 28.6 Å². The van der Waals surface area contributed by atoms with Crippen molar-refractivity contribution in [1.29, 1.82) is 0 Å². The highest BCUT2D eigenvalue weighted by Crippen LogP contribution is 2.37. The van der Waals surface area contributed by atoms with Crippen molar-refractivity contribution in [2.75, 3.05) is 11.9 Å². The third-order valence-corrected chi connectivity index (χ3v) is 5.36. The van der Waals surface area contributed by atoms with Crippen LogP contribution in [0.4, 0.5) is 18.9 Å². The van der Waals surface area contributed by atoms with Gasteiger partial charge in [-0.3, -0.25) is 9.67 Å². The number of hydrogen-bond acceptors (Lipinski definition) is 3. The first-order valence-electron chi connectivity index (χ1n) is 12.1. The fourth-order valence-corrected chi connectivity index (χ4v) is 3.26. The molecule has 3 rings (SSSR count). The van der Waals surface area contributed by atoms with Crippen LogP contribution >= 0.6 is 11.6 Å². The average molecular weight is 539 g/mol. The second-order valence-electron chi connectivity index (χ2n) is 9.56. The number of aliphatic imine (C=N–C) groups is 1. The molecule has 1 aromatic heterocycles. The van der Waals surface area contributed by atoms with E-state index in [9.17, 15) is 13.2 Å². The molecule has 37 heavy (non-hydrogen) atoms. The van der Waals surface area contributed by atoms with E-state index in [2.05, 4.69) is 81.4 Å². The third-order valence-electron chi connectivity index (χ3n) is 4.93. The summed E-state index contributed by atoms with van der Waals surface area (Å²) in [7, 11) is 1.35. The summed E-state index contributed by atoms with van der Waals surface area (Å²) >= 11 is 5.65. The summed E-state index contributed by atoms with van der Waals surface area (Å²) < 4.78 is 38.3.